The monoisotopic (exact) mass is 198 g/mol. The average molecular weight is 199 g/mol. The minimum Gasteiger partial charge on any atom is -1.00 e. The molecule has 0 aromatic carbocycles. The predicted octanol–water partition coefficient (Wildman–Crippen LogP) is -1.14. The smallest absolute Gasteiger partial charge is 1.00 e. The van der Waals surface area contributed by atoms with Gasteiger partial charge in [0.15, 0.2) is 0 Å². The van der Waals surface area contributed by atoms with Gasteiger partial charge in [0.25, 0.3) is 0 Å². The second-order valence-corrected chi connectivity index (χ2v) is 3.85. The summed E-state index contributed by atoms with van der Waals surface area (Å²) in [6, 6.07) is 0. The zero-order valence-electron chi connectivity index (χ0n) is 8.65. The molecule has 0 aliphatic heterocycles. The van der Waals surface area contributed by atoms with Crippen molar-refractivity contribution in [2.75, 3.05) is 0 Å². The van der Waals surface area contributed by atoms with E-state index in [0.717, 1.165) is 25.7 Å². The molecule has 74 valence electrons. The van der Waals surface area contributed by atoms with E-state index in [4.69, 9.17) is 0 Å². The first-order chi connectivity index (χ1) is 5.27. The van der Waals surface area contributed by atoms with Crippen LogP contribution in [0.2, 0.25) is 0 Å². The van der Waals surface area contributed by atoms with Crippen molar-refractivity contribution in [2.45, 2.75) is 63.9 Å². The van der Waals surface area contributed by atoms with Crippen molar-refractivity contribution >= 4 is 23.1 Å². The first-order valence-electron chi connectivity index (χ1n) is 4.97. The average Bonchev–Trinajstić information content (AvgIpc) is 2.15. The van der Waals surface area contributed by atoms with Crippen molar-refractivity contribution in [2.24, 2.45) is 0 Å². The maximum Gasteiger partial charge on any atom is 2.00 e. The van der Waals surface area contributed by atoms with Gasteiger partial charge in [-0.1, -0.05) is 58.3 Å². The Balaban J connectivity index is 0. The summed E-state index contributed by atoms with van der Waals surface area (Å²) in [6.07, 6.45) is 8.73. The predicted molar refractivity (Wildman–Crippen MR) is 51.1 cm³/mol. The largest absolute Gasteiger partial charge is 2.00 e. The Labute approximate surface area is 96.8 Å². The van der Waals surface area contributed by atoms with Crippen molar-refractivity contribution in [1.29, 1.82) is 0 Å². The van der Waals surface area contributed by atoms with Gasteiger partial charge in [0.05, 0.1) is 0 Å². The Morgan fingerprint density at radius 1 is 1.08 bits per heavy atom. The molecule has 1 aliphatic carbocycles. The molecule has 1 aliphatic rings. The summed E-state index contributed by atoms with van der Waals surface area (Å²) in [4.78, 5) is 0. The van der Waals surface area contributed by atoms with Crippen LogP contribution in [0.3, 0.4) is 0 Å². The number of halogens is 1. The zero-order chi connectivity index (χ0) is 8.16. The molecule has 0 N–H and O–H groups in total. The minimum absolute atomic E-state index is 0. The van der Waals surface area contributed by atoms with Crippen LogP contribution in [0.15, 0.2) is 0 Å². The molecule has 0 radical (unpaired) electrons. The van der Waals surface area contributed by atoms with E-state index >= 15 is 0 Å². The van der Waals surface area contributed by atoms with Crippen LogP contribution in [-0.2, 0) is 0 Å². The molecule has 1 saturated carbocycles. The molecule has 1 fully saturated rings. The summed E-state index contributed by atoms with van der Waals surface area (Å²) in [5.74, 6) is 0. The molecule has 0 heterocycles. The summed E-state index contributed by atoms with van der Waals surface area (Å²) < 4.78 is 0. The van der Waals surface area contributed by atoms with Crippen LogP contribution in [0.25, 0.3) is 0 Å². The van der Waals surface area contributed by atoms with E-state index in [1.54, 1.807) is 0 Å². The van der Waals surface area contributed by atoms with Gasteiger partial charge in [-0.2, -0.15) is 0 Å². The van der Waals surface area contributed by atoms with E-state index in [1.165, 1.54) is 25.7 Å². The van der Waals surface area contributed by atoms with Crippen LogP contribution in [0.5, 0.6) is 0 Å². The van der Waals surface area contributed by atoms with Crippen molar-refractivity contribution < 1.29 is 9.81 Å². The van der Waals surface area contributed by atoms with Crippen LogP contribution in [0, 0.1) is 0 Å². The van der Waals surface area contributed by atoms with Crippen LogP contribution >= 0.6 is 0 Å². The second-order valence-electron chi connectivity index (χ2n) is 3.85. The molecule has 0 amide bonds. The minimum atomic E-state index is -0.536. The molecule has 0 atom stereocenters. The van der Waals surface area contributed by atoms with Gasteiger partial charge in [-0.15, -0.1) is 5.60 Å². The normalized spacial score (nSPS) is 20.8. The second kappa shape index (κ2) is 8.01. The summed E-state index contributed by atoms with van der Waals surface area (Å²) >= 11 is 0. The van der Waals surface area contributed by atoms with Gasteiger partial charge in [0, 0.05) is 0 Å². The molecular weight excluding hydrogens is 179 g/mol. The van der Waals surface area contributed by atoms with Gasteiger partial charge in [0.1, 0.15) is 0 Å². The molecule has 13 heavy (non-hydrogen) atoms. The van der Waals surface area contributed by atoms with Crippen molar-refractivity contribution in [3.63, 3.8) is 0 Å². The topological polar surface area (TPSA) is 23.1 Å². The van der Waals surface area contributed by atoms with E-state index in [2.05, 4.69) is 6.92 Å². The van der Waals surface area contributed by atoms with E-state index in [9.17, 15) is 5.11 Å². The molecule has 0 aromatic rings. The standard InChI is InChI=1S/C10H19O.FH.Mg/c1-2-7-10(11)8-5-3-4-6-9-10;;/h2-9H2,1H3;1H;/q-1;;+2/p-1. The van der Waals surface area contributed by atoms with Crippen LogP contribution in [0.1, 0.15) is 58.3 Å². The number of hydrogen-bond acceptors (Lipinski definition) is 1. The van der Waals surface area contributed by atoms with E-state index in [0.29, 0.717) is 0 Å². The first kappa shape index (κ1) is 16.1. The molecule has 0 bridgehead atoms. The summed E-state index contributed by atoms with van der Waals surface area (Å²) in [6.45, 7) is 2.12. The van der Waals surface area contributed by atoms with Gasteiger partial charge < -0.3 is 9.81 Å². The van der Waals surface area contributed by atoms with Gasteiger partial charge in [-0.3, -0.25) is 0 Å². The van der Waals surface area contributed by atoms with E-state index in [-0.39, 0.29) is 27.8 Å². The molecule has 1 nitrogen and oxygen atoms in total. The third-order valence-electron chi connectivity index (χ3n) is 2.72. The van der Waals surface area contributed by atoms with Gasteiger partial charge >= 0.3 is 23.1 Å². The van der Waals surface area contributed by atoms with Crippen LogP contribution < -0.4 is 9.81 Å². The Morgan fingerprint density at radius 2 is 1.54 bits per heavy atom. The van der Waals surface area contributed by atoms with Crippen molar-refractivity contribution in [1.82, 2.24) is 0 Å². The van der Waals surface area contributed by atoms with Crippen molar-refractivity contribution in [3.8, 4) is 0 Å². The fraction of sp³-hybridized carbons (Fsp3) is 1.00. The van der Waals surface area contributed by atoms with Crippen molar-refractivity contribution in [3.05, 3.63) is 0 Å². The quantitative estimate of drug-likeness (QED) is 0.407. The molecule has 1 rings (SSSR count). The third-order valence-corrected chi connectivity index (χ3v) is 2.72. The Hall–Kier alpha value is 0.656. The number of rotatable bonds is 2. The molecule has 0 saturated heterocycles. The Bertz CT molecular complexity index is 111. The van der Waals surface area contributed by atoms with Gasteiger partial charge in [-0.05, 0) is 0 Å². The van der Waals surface area contributed by atoms with E-state index in [1.807, 2.05) is 0 Å². The molecular formula is C10H19FMgO. The SMILES string of the molecule is CCCC1([O-])CCCCCC1.[F-].[Mg+2]. The summed E-state index contributed by atoms with van der Waals surface area (Å²) in [5.41, 5.74) is -0.536. The Morgan fingerprint density at radius 3 is 1.92 bits per heavy atom. The first-order valence-corrected chi connectivity index (χ1v) is 4.97. The zero-order valence-corrected chi connectivity index (χ0v) is 10.1. The van der Waals surface area contributed by atoms with Crippen LogP contribution in [0.4, 0.5) is 0 Å². The maximum atomic E-state index is 11.9. The summed E-state index contributed by atoms with van der Waals surface area (Å²) in [7, 11) is 0. The third kappa shape index (κ3) is 5.86. The number of hydrogen-bond donors (Lipinski definition) is 0. The van der Waals surface area contributed by atoms with Gasteiger partial charge in [-0.25, -0.2) is 0 Å². The van der Waals surface area contributed by atoms with Gasteiger partial charge in [0.2, 0.25) is 0 Å². The van der Waals surface area contributed by atoms with Crippen LogP contribution in [-0.4, -0.2) is 28.7 Å². The Kier molecular flexibility index (Phi) is 9.91. The summed E-state index contributed by atoms with van der Waals surface area (Å²) in [5, 5.41) is 11.9. The van der Waals surface area contributed by atoms with E-state index < -0.39 is 5.60 Å². The fourth-order valence-electron chi connectivity index (χ4n) is 2.08. The molecule has 0 unspecified atom stereocenters. The molecule has 0 aromatic heterocycles. The molecule has 0 spiro atoms. The fourth-order valence-corrected chi connectivity index (χ4v) is 2.08. The maximum absolute atomic E-state index is 11.9. The molecule has 3 heteroatoms.